The van der Waals surface area contributed by atoms with Crippen LogP contribution in [0.3, 0.4) is 0 Å². The Labute approximate surface area is 195 Å². The molecule has 0 spiro atoms. The summed E-state index contributed by atoms with van der Waals surface area (Å²) in [7, 11) is -3.73. The summed E-state index contributed by atoms with van der Waals surface area (Å²) in [6.07, 6.45) is 6.29. The number of amides is 1. The fourth-order valence-corrected chi connectivity index (χ4v) is 6.44. The summed E-state index contributed by atoms with van der Waals surface area (Å²) < 4.78 is 34.6. The van der Waals surface area contributed by atoms with Gasteiger partial charge < -0.3 is 14.6 Å². The number of carbonyl (C=O) groups is 1. The van der Waals surface area contributed by atoms with E-state index in [9.17, 15) is 18.0 Å². The number of hydrogen-bond acceptors (Lipinski definition) is 7. The number of thiazole rings is 1. The van der Waals surface area contributed by atoms with Gasteiger partial charge in [0, 0.05) is 38.6 Å². The van der Waals surface area contributed by atoms with Gasteiger partial charge in [-0.05, 0) is 44.1 Å². The van der Waals surface area contributed by atoms with Crippen LogP contribution in [0, 0.1) is 5.92 Å². The lowest BCUT2D eigenvalue weighted by Crippen LogP contribution is -2.36. The molecule has 0 aliphatic carbocycles. The monoisotopic (exact) mass is 500 g/mol. The van der Waals surface area contributed by atoms with Gasteiger partial charge in [0.05, 0.1) is 11.1 Å². The van der Waals surface area contributed by atoms with Crippen LogP contribution in [0.1, 0.15) is 38.1 Å². The number of halogens is 1. The van der Waals surface area contributed by atoms with Gasteiger partial charge >= 0.3 is 0 Å². The first-order chi connectivity index (χ1) is 15.3. The Hall–Kier alpha value is -1.79. The molecule has 2 saturated heterocycles. The standard InChI is InChI=1S/C20H25ClN4O5S2/c21-17-12-22-20(31-17)23-19(27)16(11-14-5-9-30-10-6-14)25-13-15(3-4-18(25)26)32(28,29)24-7-1-2-8-24/h3-4,12-14,16H,1-2,5-11H2,(H,22,23,27). The molecule has 2 aliphatic rings. The zero-order valence-corrected chi connectivity index (χ0v) is 19.8. The Bertz CT molecular complexity index is 1120. The Morgan fingerprint density at radius 3 is 2.66 bits per heavy atom. The predicted octanol–water partition coefficient (Wildman–Crippen LogP) is 2.74. The van der Waals surface area contributed by atoms with Crippen molar-refractivity contribution in [3.8, 4) is 0 Å². The summed E-state index contributed by atoms with van der Waals surface area (Å²) in [4.78, 5) is 30.1. The Kier molecular flexibility index (Phi) is 7.30. The molecule has 0 radical (unpaired) electrons. The first-order valence-corrected chi connectivity index (χ1v) is 13.2. The van der Waals surface area contributed by atoms with E-state index < -0.39 is 27.5 Å². The lowest BCUT2D eigenvalue weighted by molar-refractivity contribution is -0.120. The molecule has 0 bridgehead atoms. The molecule has 4 heterocycles. The predicted molar refractivity (Wildman–Crippen MR) is 122 cm³/mol. The number of aromatic nitrogens is 2. The quantitative estimate of drug-likeness (QED) is 0.625. The number of anilines is 1. The average Bonchev–Trinajstić information content (AvgIpc) is 3.46. The maximum Gasteiger partial charge on any atom is 0.251 e. The van der Waals surface area contributed by atoms with E-state index in [1.807, 2.05) is 0 Å². The molecule has 2 aromatic rings. The van der Waals surface area contributed by atoms with Crippen molar-refractivity contribution < 1.29 is 17.9 Å². The van der Waals surface area contributed by atoms with Gasteiger partial charge in [0.2, 0.25) is 15.9 Å². The SMILES string of the molecule is O=C(Nc1ncc(Cl)s1)C(CC1CCOCC1)n1cc(S(=O)(=O)N2CCCC2)ccc1=O. The molecule has 2 aromatic heterocycles. The molecule has 1 N–H and O–H groups in total. The molecule has 0 saturated carbocycles. The van der Waals surface area contributed by atoms with Gasteiger partial charge in [0.25, 0.3) is 5.56 Å². The largest absolute Gasteiger partial charge is 0.381 e. The minimum absolute atomic E-state index is 0.0149. The van der Waals surface area contributed by atoms with Crippen molar-refractivity contribution in [1.82, 2.24) is 13.9 Å². The second-order valence-corrected chi connectivity index (χ2v) is 11.6. The van der Waals surface area contributed by atoms with Crippen LogP contribution in [0.2, 0.25) is 4.34 Å². The smallest absolute Gasteiger partial charge is 0.251 e. The van der Waals surface area contributed by atoms with Crippen LogP contribution in [0.5, 0.6) is 0 Å². The Morgan fingerprint density at radius 1 is 1.28 bits per heavy atom. The number of nitrogens with one attached hydrogen (secondary N) is 1. The van der Waals surface area contributed by atoms with Crippen molar-refractivity contribution in [2.75, 3.05) is 31.6 Å². The van der Waals surface area contributed by atoms with Crippen molar-refractivity contribution in [2.45, 2.75) is 43.0 Å². The summed E-state index contributed by atoms with van der Waals surface area (Å²) >= 11 is 7.03. The minimum Gasteiger partial charge on any atom is -0.381 e. The van der Waals surface area contributed by atoms with Gasteiger partial charge in [-0.15, -0.1) is 0 Å². The van der Waals surface area contributed by atoms with E-state index in [0.717, 1.165) is 37.0 Å². The van der Waals surface area contributed by atoms with E-state index in [-0.39, 0.29) is 10.8 Å². The highest BCUT2D eigenvalue weighted by Gasteiger charge is 2.31. The molecule has 174 valence electrons. The third-order valence-corrected chi connectivity index (χ3v) is 8.77. The summed E-state index contributed by atoms with van der Waals surface area (Å²) in [6, 6.07) is 1.64. The molecule has 1 unspecified atom stereocenters. The normalized spacial score (nSPS) is 19.2. The maximum absolute atomic E-state index is 13.2. The second-order valence-electron chi connectivity index (χ2n) is 7.99. The molecule has 9 nitrogen and oxygen atoms in total. The van der Waals surface area contributed by atoms with E-state index in [4.69, 9.17) is 16.3 Å². The molecule has 4 rings (SSSR count). The highest BCUT2D eigenvalue weighted by atomic mass is 35.5. The fourth-order valence-electron chi connectivity index (χ4n) is 4.10. The zero-order valence-electron chi connectivity index (χ0n) is 17.4. The fraction of sp³-hybridized carbons (Fsp3) is 0.550. The van der Waals surface area contributed by atoms with Gasteiger partial charge in [-0.1, -0.05) is 22.9 Å². The van der Waals surface area contributed by atoms with Crippen molar-refractivity contribution >= 4 is 44.0 Å². The number of rotatable bonds is 7. The highest BCUT2D eigenvalue weighted by Crippen LogP contribution is 2.29. The molecule has 0 aromatic carbocycles. The maximum atomic E-state index is 13.2. The van der Waals surface area contributed by atoms with Crippen molar-refractivity contribution in [2.24, 2.45) is 5.92 Å². The van der Waals surface area contributed by atoms with Gasteiger partial charge in [0.1, 0.15) is 10.4 Å². The number of pyridine rings is 1. The van der Waals surface area contributed by atoms with Crippen molar-refractivity contribution in [3.63, 3.8) is 0 Å². The highest BCUT2D eigenvalue weighted by molar-refractivity contribution is 7.89. The molecular formula is C20H25ClN4O5S2. The van der Waals surface area contributed by atoms with E-state index in [0.29, 0.717) is 42.2 Å². The van der Waals surface area contributed by atoms with E-state index in [1.54, 1.807) is 0 Å². The van der Waals surface area contributed by atoms with Crippen LogP contribution < -0.4 is 10.9 Å². The number of ether oxygens (including phenoxy) is 1. The van der Waals surface area contributed by atoms with E-state index >= 15 is 0 Å². The van der Waals surface area contributed by atoms with Crippen LogP contribution in [-0.2, 0) is 19.6 Å². The molecule has 2 aliphatic heterocycles. The van der Waals surface area contributed by atoms with Crippen molar-refractivity contribution in [3.05, 3.63) is 39.2 Å². The summed E-state index contributed by atoms with van der Waals surface area (Å²) in [5, 5.41) is 3.05. The first kappa shape index (κ1) is 23.4. The topological polar surface area (TPSA) is 111 Å². The number of nitrogens with zero attached hydrogens (tertiary/aromatic N) is 3. The minimum atomic E-state index is -3.73. The molecule has 1 atom stereocenters. The molecule has 32 heavy (non-hydrogen) atoms. The first-order valence-electron chi connectivity index (χ1n) is 10.6. The third-order valence-electron chi connectivity index (χ3n) is 5.86. The third kappa shape index (κ3) is 5.23. The van der Waals surface area contributed by atoms with Gasteiger partial charge in [-0.25, -0.2) is 13.4 Å². The molecule has 12 heteroatoms. The second kappa shape index (κ2) is 10.0. The molecule has 2 fully saturated rings. The summed E-state index contributed by atoms with van der Waals surface area (Å²) in [5.74, 6) is -0.259. The molecular weight excluding hydrogens is 476 g/mol. The van der Waals surface area contributed by atoms with Crippen LogP contribution in [0.15, 0.2) is 34.2 Å². The van der Waals surface area contributed by atoms with Gasteiger partial charge in [0.15, 0.2) is 5.13 Å². The van der Waals surface area contributed by atoms with Gasteiger partial charge in [-0.3, -0.25) is 9.59 Å². The number of carbonyl (C=O) groups excluding carboxylic acids is 1. The Morgan fingerprint density at radius 2 is 2.00 bits per heavy atom. The number of hydrogen-bond donors (Lipinski definition) is 1. The summed E-state index contributed by atoms with van der Waals surface area (Å²) in [6.45, 7) is 2.11. The van der Waals surface area contributed by atoms with Crippen molar-refractivity contribution in [1.29, 1.82) is 0 Å². The van der Waals surface area contributed by atoms with Crippen LogP contribution in [0.4, 0.5) is 5.13 Å². The van der Waals surface area contributed by atoms with E-state index in [2.05, 4.69) is 10.3 Å². The lowest BCUT2D eigenvalue weighted by atomic mass is 9.92. The van der Waals surface area contributed by atoms with Gasteiger partial charge in [-0.2, -0.15) is 4.31 Å². The number of sulfonamides is 1. The van der Waals surface area contributed by atoms with Crippen LogP contribution in [0.25, 0.3) is 0 Å². The van der Waals surface area contributed by atoms with Crippen LogP contribution in [-0.4, -0.2) is 54.5 Å². The van der Waals surface area contributed by atoms with E-state index in [1.165, 1.54) is 33.4 Å². The average molecular weight is 501 g/mol. The lowest BCUT2D eigenvalue weighted by Gasteiger charge is -2.27. The summed E-state index contributed by atoms with van der Waals surface area (Å²) in [5.41, 5.74) is -0.435. The van der Waals surface area contributed by atoms with Crippen LogP contribution >= 0.6 is 22.9 Å². The zero-order chi connectivity index (χ0) is 22.7. The Balaban J connectivity index is 1.67. The molecule has 1 amide bonds.